The maximum atomic E-state index is 10.0. The second kappa shape index (κ2) is 8.93. The third kappa shape index (κ3) is 3.85. The van der Waals surface area contributed by atoms with E-state index in [0.29, 0.717) is 40.7 Å². The van der Waals surface area contributed by atoms with Crippen LogP contribution >= 0.6 is 0 Å². The van der Waals surface area contributed by atoms with E-state index < -0.39 is 0 Å². The van der Waals surface area contributed by atoms with Crippen molar-refractivity contribution in [3.05, 3.63) is 83.6 Å². The molecule has 2 aromatic heterocycles. The van der Waals surface area contributed by atoms with Crippen LogP contribution in [0.4, 0.5) is 0 Å². The van der Waals surface area contributed by atoms with Crippen molar-refractivity contribution < 1.29 is 19.3 Å². The number of fused-ring (bicyclic) bond motifs is 2. The van der Waals surface area contributed by atoms with E-state index in [1.54, 1.807) is 45.2 Å². The van der Waals surface area contributed by atoms with Crippen LogP contribution in [0.15, 0.2) is 61.4 Å². The van der Waals surface area contributed by atoms with Crippen molar-refractivity contribution >= 4 is 0 Å². The van der Waals surface area contributed by atoms with E-state index in [4.69, 9.17) is 19.6 Å². The van der Waals surface area contributed by atoms with Crippen LogP contribution in [0.1, 0.15) is 29.0 Å². The van der Waals surface area contributed by atoms with Gasteiger partial charge in [0.2, 0.25) is 5.88 Å². The molecule has 1 aliphatic rings. The normalized spacial score (nSPS) is 14.1. The fraction of sp³-hybridized carbons (Fsp3) is 0.240. The molecule has 5 rings (SSSR count). The zero-order chi connectivity index (χ0) is 23.7. The van der Waals surface area contributed by atoms with Crippen molar-refractivity contribution in [2.45, 2.75) is 25.4 Å². The van der Waals surface area contributed by atoms with Crippen molar-refractivity contribution in [3.8, 4) is 28.9 Å². The van der Waals surface area contributed by atoms with E-state index in [1.807, 2.05) is 39.6 Å². The summed E-state index contributed by atoms with van der Waals surface area (Å²) >= 11 is 0. The molecule has 0 saturated carbocycles. The number of benzene rings is 2. The smallest absolute Gasteiger partial charge is 0.228 e. The van der Waals surface area contributed by atoms with Gasteiger partial charge in [-0.1, -0.05) is 12.1 Å². The zero-order valence-corrected chi connectivity index (χ0v) is 18.9. The second-order valence-electron chi connectivity index (χ2n) is 8.03. The predicted molar refractivity (Wildman–Crippen MR) is 124 cm³/mol. The maximum absolute atomic E-state index is 10.0. The van der Waals surface area contributed by atoms with Gasteiger partial charge < -0.3 is 28.5 Å². The molecule has 0 fully saturated rings. The Morgan fingerprint density at radius 3 is 2.68 bits per heavy atom. The summed E-state index contributed by atoms with van der Waals surface area (Å²) in [7, 11) is 3.19. The number of nitrogens with zero attached hydrogens (tertiary/aromatic N) is 4. The minimum absolute atomic E-state index is 0.102. The molecule has 0 radical (unpaired) electrons. The molecule has 174 valence electrons. The molecule has 0 amide bonds. The van der Waals surface area contributed by atoms with E-state index in [-0.39, 0.29) is 11.7 Å². The Bertz CT molecular complexity index is 1380. The van der Waals surface area contributed by atoms with Gasteiger partial charge in [-0.3, -0.25) is 5.41 Å². The van der Waals surface area contributed by atoms with Gasteiger partial charge in [-0.25, -0.2) is 9.97 Å². The highest BCUT2D eigenvalue weighted by Gasteiger charge is 2.32. The van der Waals surface area contributed by atoms with Crippen molar-refractivity contribution in [2.24, 2.45) is 0 Å². The summed E-state index contributed by atoms with van der Waals surface area (Å²) in [6, 6.07) is 10.7. The maximum Gasteiger partial charge on any atom is 0.228 e. The highest BCUT2D eigenvalue weighted by molar-refractivity contribution is 5.58. The van der Waals surface area contributed by atoms with Crippen LogP contribution in [0.3, 0.4) is 0 Å². The van der Waals surface area contributed by atoms with E-state index in [9.17, 15) is 5.11 Å². The molecule has 0 unspecified atom stereocenters. The summed E-state index contributed by atoms with van der Waals surface area (Å²) in [5.41, 5.74) is 2.73. The summed E-state index contributed by atoms with van der Waals surface area (Å²) in [4.78, 5) is 8.61. The largest absolute Gasteiger partial charge is 0.508 e. The van der Waals surface area contributed by atoms with Crippen LogP contribution in [0.25, 0.3) is 0 Å². The fourth-order valence-electron chi connectivity index (χ4n) is 4.35. The number of phenolic OH excluding ortho intramolecular Hbond substituents is 1. The Kier molecular flexibility index (Phi) is 5.67. The van der Waals surface area contributed by atoms with Crippen LogP contribution in [0, 0.1) is 5.41 Å². The topological polar surface area (TPSA) is 107 Å². The standard InChI is InChI=1S/C25H25N5O4/c1-32-19-7-4-16(12-21(19)33-2)22-18-6-5-17(31)13-20(18)34-25-23(22)24(26)30(15-28-25)10-3-9-29-11-8-27-14-29/h4-8,11-15,22,26,31H,3,9-10H2,1-2H3/t22-/m0/s1. The Hall–Kier alpha value is -4.27. The summed E-state index contributed by atoms with van der Waals surface area (Å²) in [6.07, 6.45) is 7.91. The molecular weight excluding hydrogens is 434 g/mol. The number of hydrogen-bond acceptors (Lipinski definition) is 7. The van der Waals surface area contributed by atoms with Crippen LogP contribution in [-0.2, 0) is 13.1 Å². The zero-order valence-electron chi connectivity index (χ0n) is 18.9. The summed E-state index contributed by atoms with van der Waals surface area (Å²) < 4.78 is 20.8. The number of methoxy groups -OCH3 is 2. The molecule has 9 heteroatoms. The lowest BCUT2D eigenvalue weighted by Crippen LogP contribution is -2.30. The quantitative estimate of drug-likeness (QED) is 0.385. The van der Waals surface area contributed by atoms with Crippen LogP contribution in [0.5, 0.6) is 28.9 Å². The number of imidazole rings is 1. The van der Waals surface area contributed by atoms with Gasteiger partial charge in [-0.2, -0.15) is 0 Å². The molecule has 9 nitrogen and oxygen atoms in total. The van der Waals surface area contributed by atoms with E-state index >= 15 is 0 Å². The first-order chi connectivity index (χ1) is 16.6. The third-order valence-electron chi connectivity index (χ3n) is 6.01. The van der Waals surface area contributed by atoms with E-state index in [0.717, 1.165) is 24.1 Å². The van der Waals surface area contributed by atoms with E-state index in [1.165, 1.54) is 0 Å². The molecule has 2 aromatic carbocycles. The SMILES string of the molecule is COc1ccc([C@H]2c3ccc(O)cc3Oc3ncn(CCCn4ccnc4)c(=N)c32)cc1OC. The first-order valence-corrected chi connectivity index (χ1v) is 10.9. The molecular formula is C25H25N5O4. The van der Waals surface area contributed by atoms with Crippen molar-refractivity contribution in [1.29, 1.82) is 5.41 Å². The van der Waals surface area contributed by atoms with Crippen LogP contribution in [-0.4, -0.2) is 38.4 Å². The van der Waals surface area contributed by atoms with Crippen LogP contribution < -0.4 is 19.7 Å². The first kappa shape index (κ1) is 21.6. The number of phenols is 1. The molecule has 1 aliphatic heterocycles. The molecule has 1 atom stereocenters. The Morgan fingerprint density at radius 1 is 1.06 bits per heavy atom. The molecule has 2 N–H and O–H groups in total. The number of rotatable bonds is 7. The molecule has 3 heterocycles. The molecule has 4 aromatic rings. The highest BCUT2D eigenvalue weighted by atomic mass is 16.5. The lowest BCUT2D eigenvalue weighted by atomic mass is 9.83. The van der Waals surface area contributed by atoms with E-state index in [2.05, 4.69) is 9.97 Å². The molecule has 0 bridgehead atoms. The number of ether oxygens (including phenoxy) is 3. The Balaban J connectivity index is 1.59. The van der Waals surface area contributed by atoms with Gasteiger partial charge in [0, 0.05) is 43.0 Å². The second-order valence-corrected chi connectivity index (χ2v) is 8.03. The van der Waals surface area contributed by atoms with Crippen molar-refractivity contribution in [3.63, 3.8) is 0 Å². The average Bonchev–Trinajstić information content (AvgIpc) is 3.37. The number of aryl methyl sites for hydroxylation is 2. The predicted octanol–water partition coefficient (Wildman–Crippen LogP) is 3.66. The minimum atomic E-state index is -0.333. The van der Waals surface area contributed by atoms with Gasteiger partial charge >= 0.3 is 0 Å². The van der Waals surface area contributed by atoms with Crippen LogP contribution in [0.2, 0.25) is 0 Å². The number of hydrogen-bond donors (Lipinski definition) is 2. The lowest BCUT2D eigenvalue weighted by molar-refractivity contribution is 0.354. The molecule has 34 heavy (non-hydrogen) atoms. The first-order valence-electron chi connectivity index (χ1n) is 10.9. The van der Waals surface area contributed by atoms with Gasteiger partial charge in [0.25, 0.3) is 0 Å². The van der Waals surface area contributed by atoms with Gasteiger partial charge in [0.1, 0.15) is 23.3 Å². The van der Waals surface area contributed by atoms with Gasteiger partial charge in [0.05, 0.1) is 26.1 Å². The average molecular weight is 460 g/mol. The minimum Gasteiger partial charge on any atom is -0.508 e. The fourth-order valence-corrected chi connectivity index (χ4v) is 4.35. The van der Waals surface area contributed by atoms with Gasteiger partial charge in [-0.05, 0) is 30.2 Å². The Morgan fingerprint density at radius 2 is 1.91 bits per heavy atom. The van der Waals surface area contributed by atoms with Crippen molar-refractivity contribution in [1.82, 2.24) is 19.1 Å². The van der Waals surface area contributed by atoms with Gasteiger partial charge in [-0.15, -0.1) is 0 Å². The monoisotopic (exact) mass is 459 g/mol. The number of nitrogens with one attached hydrogen (secondary N) is 1. The molecule has 0 saturated heterocycles. The lowest BCUT2D eigenvalue weighted by Gasteiger charge is -2.29. The molecule has 0 spiro atoms. The van der Waals surface area contributed by atoms with Crippen molar-refractivity contribution in [2.75, 3.05) is 14.2 Å². The summed E-state index contributed by atoms with van der Waals surface area (Å²) in [5, 5.41) is 19.1. The molecule has 0 aliphatic carbocycles. The third-order valence-corrected chi connectivity index (χ3v) is 6.01. The number of aromatic hydroxyl groups is 1. The summed E-state index contributed by atoms with van der Waals surface area (Å²) in [5.74, 6) is 1.85. The number of aromatic nitrogens is 4. The summed E-state index contributed by atoms with van der Waals surface area (Å²) in [6.45, 7) is 1.42. The highest BCUT2D eigenvalue weighted by Crippen LogP contribution is 2.47. The Labute approximate surface area is 196 Å². The van der Waals surface area contributed by atoms with Gasteiger partial charge in [0.15, 0.2) is 11.5 Å².